The number of carbonyl (C=O) groups excluding carboxylic acids is 2. The molecule has 4 aromatic rings. The minimum Gasteiger partial charge on any atom is -0.494 e. The highest BCUT2D eigenvalue weighted by atomic mass is 35.5. The first-order chi connectivity index (χ1) is 16.6. The molecule has 4 aromatic carbocycles. The predicted molar refractivity (Wildman–Crippen MR) is 133 cm³/mol. The van der Waals surface area contributed by atoms with Crippen LogP contribution in [-0.2, 0) is 0 Å². The van der Waals surface area contributed by atoms with Crippen LogP contribution in [-0.4, -0.2) is 24.7 Å². The van der Waals surface area contributed by atoms with Gasteiger partial charge in [-0.05, 0) is 60.2 Å². The van der Waals surface area contributed by atoms with Gasteiger partial charge in [-0.25, -0.2) is 10.2 Å². The van der Waals surface area contributed by atoms with Gasteiger partial charge in [0.05, 0.1) is 29.0 Å². The van der Waals surface area contributed by atoms with Gasteiger partial charge in [-0.3, -0.25) is 4.79 Å². The zero-order chi connectivity index (χ0) is 23.9. The van der Waals surface area contributed by atoms with E-state index in [1.165, 1.54) is 6.21 Å². The molecule has 0 atom stereocenters. The van der Waals surface area contributed by atoms with Crippen LogP contribution in [0, 0.1) is 0 Å². The molecule has 0 aliphatic carbocycles. The van der Waals surface area contributed by atoms with Gasteiger partial charge in [-0.15, -0.1) is 0 Å². The molecule has 34 heavy (non-hydrogen) atoms. The molecule has 0 spiro atoms. The Hall–Kier alpha value is -4.16. The van der Waals surface area contributed by atoms with Crippen LogP contribution in [0.1, 0.15) is 33.2 Å². The van der Waals surface area contributed by atoms with Crippen LogP contribution in [0.25, 0.3) is 10.8 Å². The third kappa shape index (κ3) is 5.24. The van der Waals surface area contributed by atoms with Gasteiger partial charge in [0.1, 0.15) is 11.5 Å². The van der Waals surface area contributed by atoms with E-state index in [0.29, 0.717) is 39.8 Å². The first-order valence-corrected chi connectivity index (χ1v) is 11.0. The molecule has 6 nitrogen and oxygen atoms in total. The van der Waals surface area contributed by atoms with Crippen molar-refractivity contribution in [2.75, 3.05) is 6.61 Å². The van der Waals surface area contributed by atoms with Crippen LogP contribution in [0.15, 0.2) is 90.0 Å². The summed E-state index contributed by atoms with van der Waals surface area (Å²) in [5.41, 5.74) is 3.72. The number of nitrogens with zero attached hydrogens (tertiary/aromatic N) is 1. The van der Waals surface area contributed by atoms with Gasteiger partial charge in [-0.1, -0.05) is 54.1 Å². The SMILES string of the molecule is CCOc1ccc(C(=O)Oc2ccc3ccccc3c2/C=N/NC(=O)c2ccccc2Cl)cc1. The van der Waals surface area contributed by atoms with Crippen LogP contribution in [0.3, 0.4) is 0 Å². The topological polar surface area (TPSA) is 77.0 Å². The molecule has 0 saturated heterocycles. The zero-order valence-corrected chi connectivity index (χ0v) is 19.1. The number of hydrogen-bond acceptors (Lipinski definition) is 5. The summed E-state index contributed by atoms with van der Waals surface area (Å²) < 4.78 is 11.1. The van der Waals surface area contributed by atoms with Crippen molar-refractivity contribution in [2.24, 2.45) is 5.10 Å². The van der Waals surface area contributed by atoms with E-state index in [2.05, 4.69) is 10.5 Å². The van der Waals surface area contributed by atoms with E-state index in [0.717, 1.165) is 10.8 Å². The Balaban J connectivity index is 1.60. The lowest BCUT2D eigenvalue weighted by atomic mass is 10.0. The van der Waals surface area contributed by atoms with Crippen molar-refractivity contribution in [1.82, 2.24) is 5.43 Å². The van der Waals surface area contributed by atoms with E-state index >= 15 is 0 Å². The maximum Gasteiger partial charge on any atom is 0.343 e. The van der Waals surface area contributed by atoms with Crippen molar-refractivity contribution in [2.45, 2.75) is 6.92 Å². The van der Waals surface area contributed by atoms with Crippen molar-refractivity contribution >= 4 is 40.5 Å². The average Bonchev–Trinajstić information content (AvgIpc) is 2.86. The van der Waals surface area contributed by atoms with Gasteiger partial charge in [0, 0.05) is 5.56 Å². The largest absolute Gasteiger partial charge is 0.494 e. The highest BCUT2D eigenvalue weighted by Crippen LogP contribution is 2.28. The molecule has 0 saturated carbocycles. The Bertz CT molecular complexity index is 1370. The van der Waals surface area contributed by atoms with E-state index < -0.39 is 11.9 Å². The number of hydrazone groups is 1. The van der Waals surface area contributed by atoms with Crippen LogP contribution in [0.5, 0.6) is 11.5 Å². The minimum absolute atomic E-state index is 0.307. The lowest BCUT2D eigenvalue weighted by Crippen LogP contribution is -2.18. The Kier molecular flexibility index (Phi) is 7.20. The number of ether oxygens (including phenoxy) is 2. The molecule has 0 heterocycles. The Morgan fingerprint density at radius 2 is 1.68 bits per heavy atom. The summed E-state index contributed by atoms with van der Waals surface area (Å²) in [4.78, 5) is 25.2. The molecule has 0 bridgehead atoms. The Labute approximate surface area is 201 Å². The molecule has 0 fully saturated rings. The second-order valence-corrected chi connectivity index (χ2v) is 7.63. The Morgan fingerprint density at radius 3 is 2.44 bits per heavy atom. The standard InChI is InChI=1S/C27H21ClN2O4/c1-2-33-20-14-11-19(12-15-20)27(32)34-25-16-13-18-7-3-4-8-21(18)23(25)17-29-30-26(31)22-9-5-6-10-24(22)28/h3-17H,2H2,1H3,(H,30,31)/b29-17+. The second-order valence-electron chi connectivity index (χ2n) is 7.22. The number of hydrogen-bond donors (Lipinski definition) is 1. The van der Waals surface area contributed by atoms with Gasteiger partial charge < -0.3 is 9.47 Å². The lowest BCUT2D eigenvalue weighted by molar-refractivity contribution is 0.0734. The van der Waals surface area contributed by atoms with Crippen molar-refractivity contribution in [3.8, 4) is 11.5 Å². The van der Waals surface area contributed by atoms with Crippen molar-refractivity contribution < 1.29 is 19.1 Å². The number of esters is 1. The average molecular weight is 473 g/mol. The normalized spacial score (nSPS) is 10.9. The molecule has 0 aromatic heterocycles. The van der Waals surface area contributed by atoms with Gasteiger partial charge in [-0.2, -0.15) is 5.10 Å². The first-order valence-electron chi connectivity index (χ1n) is 10.6. The highest BCUT2D eigenvalue weighted by Gasteiger charge is 2.14. The second kappa shape index (κ2) is 10.6. The van der Waals surface area contributed by atoms with Gasteiger partial charge in [0.2, 0.25) is 0 Å². The fourth-order valence-electron chi connectivity index (χ4n) is 3.37. The molecule has 0 aliphatic rings. The van der Waals surface area contributed by atoms with Crippen LogP contribution >= 0.6 is 11.6 Å². The van der Waals surface area contributed by atoms with E-state index in [1.54, 1.807) is 54.6 Å². The molecular weight excluding hydrogens is 452 g/mol. The summed E-state index contributed by atoms with van der Waals surface area (Å²) in [6.45, 7) is 2.43. The Morgan fingerprint density at radius 1 is 0.941 bits per heavy atom. The van der Waals surface area contributed by atoms with Crippen LogP contribution in [0.4, 0.5) is 0 Å². The van der Waals surface area contributed by atoms with E-state index in [1.807, 2.05) is 37.3 Å². The fraction of sp³-hybridized carbons (Fsp3) is 0.0741. The highest BCUT2D eigenvalue weighted by molar-refractivity contribution is 6.33. The summed E-state index contributed by atoms with van der Waals surface area (Å²) in [6.07, 6.45) is 1.46. The molecule has 0 radical (unpaired) electrons. The molecular formula is C27H21ClN2O4. The summed E-state index contributed by atoms with van der Waals surface area (Å²) >= 11 is 6.08. The summed E-state index contributed by atoms with van der Waals surface area (Å²) in [5, 5.41) is 6.16. The molecule has 0 unspecified atom stereocenters. The van der Waals surface area contributed by atoms with E-state index in [9.17, 15) is 9.59 Å². The third-order valence-electron chi connectivity index (χ3n) is 5.01. The molecule has 7 heteroatoms. The van der Waals surface area contributed by atoms with Gasteiger partial charge in [0.15, 0.2) is 0 Å². The van der Waals surface area contributed by atoms with Gasteiger partial charge in [0.25, 0.3) is 5.91 Å². The minimum atomic E-state index is -0.520. The molecule has 4 rings (SSSR count). The maximum absolute atomic E-state index is 12.8. The van der Waals surface area contributed by atoms with E-state index in [4.69, 9.17) is 21.1 Å². The number of rotatable bonds is 7. The molecule has 1 amide bonds. The number of benzene rings is 4. The smallest absolute Gasteiger partial charge is 0.343 e. The number of amides is 1. The third-order valence-corrected chi connectivity index (χ3v) is 5.34. The quantitative estimate of drug-likeness (QED) is 0.158. The van der Waals surface area contributed by atoms with Crippen LogP contribution in [0.2, 0.25) is 5.02 Å². The summed E-state index contributed by atoms with van der Waals surface area (Å²) in [7, 11) is 0. The lowest BCUT2D eigenvalue weighted by Gasteiger charge is -2.11. The van der Waals surface area contributed by atoms with Crippen LogP contribution < -0.4 is 14.9 Å². The van der Waals surface area contributed by atoms with Crippen molar-refractivity contribution in [1.29, 1.82) is 0 Å². The zero-order valence-electron chi connectivity index (χ0n) is 18.3. The number of fused-ring (bicyclic) bond motifs is 1. The predicted octanol–water partition coefficient (Wildman–Crippen LogP) is 5.88. The number of halogens is 1. The summed E-state index contributed by atoms with van der Waals surface area (Å²) in [6, 6.07) is 24.6. The maximum atomic E-state index is 12.8. The van der Waals surface area contributed by atoms with E-state index in [-0.39, 0.29) is 0 Å². The fourth-order valence-corrected chi connectivity index (χ4v) is 3.59. The van der Waals surface area contributed by atoms with Crippen molar-refractivity contribution in [3.05, 3.63) is 107 Å². The monoisotopic (exact) mass is 472 g/mol. The number of nitrogens with one attached hydrogen (secondary N) is 1. The first kappa shape index (κ1) is 23.0. The van der Waals surface area contributed by atoms with Crippen molar-refractivity contribution in [3.63, 3.8) is 0 Å². The molecule has 1 N–H and O–H groups in total. The molecule has 170 valence electrons. The number of carbonyl (C=O) groups is 2. The molecule has 0 aliphatic heterocycles. The van der Waals surface area contributed by atoms with Gasteiger partial charge >= 0.3 is 5.97 Å². The summed E-state index contributed by atoms with van der Waals surface area (Å²) in [5.74, 6) is 0.0169.